The smallest absolute Gasteiger partial charge is 0.350 e. The lowest BCUT2D eigenvalue weighted by atomic mass is 9.81. The van der Waals surface area contributed by atoms with Gasteiger partial charge in [0.15, 0.2) is 0 Å². The molecule has 3 N–H and O–H groups in total. The van der Waals surface area contributed by atoms with E-state index in [1.807, 2.05) is 0 Å². The van der Waals surface area contributed by atoms with Crippen molar-refractivity contribution >= 4 is 22.8 Å². The minimum atomic E-state index is -4.42. The van der Waals surface area contributed by atoms with Crippen molar-refractivity contribution in [2.45, 2.75) is 95.4 Å². The Bertz CT molecular complexity index is 1410. The number of alkyl halides is 5. The summed E-state index contributed by atoms with van der Waals surface area (Å²) in [6.07, 6.45) is -1.85. The molecule has 42 heavy (non-hydrogen) atoms. The molecule has 1 aromatic carbocycles. The summed E-state index contributed by atoms with van der Waals surface area (Å²) in [6.45, 7) is 2.22. The van der Waals surface area contributed by atoms with Crippen molar-refractivity contribution in [3.8, 4) is 0 Å². The lowest BCUT2D eigenvalue weighted by Crippen LogP contribution is -2.38. The van der Waals surface area contributed by atoms with Crippen LogP contribution in [0.3, 0.4) is 0 Å². The van der Waals surface area contributed by atoms with Crippen LogP contribution in [0.25, 0.3) is 11.0 Å². The number of aromatic amines is 1. The van der Waals surface area contributed by atoms with Gasteiger partial charge in [-0.3, -0.25) is 9.59 Å². The van der Waals surface area contributed by atoms with Gasteiger partial charge in [-0.1, -0.05) is 24.1 Å². The third-order valence-corrected chi connectivity index (χ3v) is 8.15. The average Bonchev–Trinajstić information content (AvgIpc) is 3.46. The van der Waals surface area contributed by atoms with Crippen LogP contribution in [0.1, 0.15) is 98.7 Å². The summed E-state index contributed by atoms with van der Waals surface area (Å²) in [4.78, 5) is 33.3. The van der Waals surface area contributed by atoms with Crippen LogP contribution in [-0.2, 0) is 11.3 Å². The lowest BCUT2D eigenvalue weighted by molar-refractivity contribution is -0.144. The summed E-state index contributed by atoms with van der Waals surface area (Å²) in [5, 5.41) is 13.5. The maximum atomic E-state index is 14.0. The minimum Gasteiger partial charge on any atom is -0.350 e. The molecule has 9 nitrogen and oxygen atoms in total. The molecule has 0 aliphatic heterocycles. The molecule has 2 heterocycles. The summed E-state index contributed by atoms with van der Waals surface area (Å²) in [5.41, 5.74) is 2.06. The highest BCUT2D eigenvalue weighted by Gasteiger charge is 2.40. The molecule has 3 aromatic rings. The second-order valence-electron chi connectivity index (χ2n) is 11.5. The number of imidazole rings is 1. The number of aryl methyl sites for hydroxylation is 1. The number of halogens is 5. The van der Waals surface area contributed by atoms with E-state index in [4.69, 9.17) is 0 Å². The van der Waals surface area contributed by atoms with Crippen LogP contribution in [0.15, 0.2) is 24.4 Å². The Morgan fingerprint density at radius 3 is 2.57 bits per heavy atom. The van der Waals surface area contributed by atoms with Gasteiger partial charge in [-0.25, -0.2) is 18.4 Å². The molecule has 2 aromatic heterocycles. The number of carbonyl (C=O) groups excluding carboxylic acids is 2. The highest BCUT2D eigenvalue weighted by atomic mass is 19.4. The molecule has 2 fully saturated rings. The standard InChI is InChI=1S/C28H34F5N7O2/c1-16(35-23(41)8-12-28(31,32)33)19-4-5-20-21(14-19)37-25(36-20)24(18-6-10-27(29,30)11-7-18)38-26(42)22-15-34-39-40(22)13-9-17-2-3-17/h4-5,14-18,24H,2-3,6-13H2,1H3,(H,35,41)(H,36,37)(H,38,42)/t16-,24+/m1/s1. The molecule has 0 saturated heterocycles. The molecule has 2 aliphatic rings. The Kier molecular flexibility index (Phi) is 8.51. The van der Waals surface area contributed by atoms with E-state index in [0.29, 0.717) is 34.9 Å². The van der Waals surface area contributed by atoms with Gasteiger partial charge in [0, 0.05) is 25.8 Å². The molecule has 5 rings (SSSR count). The van der Waals surface area contributed by atoms with Gasteiger partial charge in [0.1, 0.15) is 11.5 Å². The Morgan fingerprint density at radius 2 is 1.88 bits per heavy atom. The van der Waals surface area contributed by atoms with Gasteiger partial charge in [-0.05, 0) is 55.7 Å². The van der Waals surface area contributed by atoms with Crippen LogP contribution in [0.4, 0.5) is 22.0 Å². The molecular weight excluding hydrogens is 561 g/mol. The summed E-state index contributed by atoms with van der Waals surface area (Å²) in [6, 6.07) is 3.89. The van der Waals surface area contributed by atoms with Crippen molar-refractivity contribution in [2.24, 2.45) is 11.8 Å². The van der Waals surface area contributed by atoms with Crippen molar-refractivity contribution in [3.05, 3.63) is 41.5 Å². The van der Waals surface area contributed by atoms with Crippen LogP contribution in [0, 0.1) is 11.8 Å². The predicted octanol–water partition coefficient (Wildman–Crippen LogP) is 5.77. The van der Waals surface area contributed by atoms with Gasteiger partial charge in [0.25, 0.3) is 5.91 Å². The van der Waals surface area contributed by atoms with Crippen molar-refractivity contribution in [3.63, 3.8) is 0 Å². The van der Waals surface area contributed by atoms with E-state index in [1.54, 1.807) is 29.8 Å². The average molecular weight is 596 g/mol. The molecule has 0 radical (unpaired) electrons. The fourth-order valence-electron chi connectivity index (χ4n) is 5.45. The van der Waals surface area contributed by atoms with E-state index >= 15 is 0 Å². The zero-order valence-electron chi connectivity index (χ0n) is 23.2. The number of fused-ring (bicyclic) bond motifs is 1. The van der Waals surface area contributed by atoms with Gasteiger partial charge in [-0.2, -0.15) is 13.2 Å². The second-order valence-corrected chi connectivity index (χ2v) is 11.5. The molecule has 228 valence electrons. The number of aromatic nitrogens is 5. The van der Waals surface area contributed by atoms with Gasteiger partial charge in [0.2, 0.25) is 11.8 Å². The molecule has 2 atom stereocenters. The molecular formula is C28H34F5N7O2. The van der Waals surface area contributed by atoms with Gasteiger partial charge in [-0.15, -0.1) is 5.10 Å². The summed E-state index contributed by atoms with van der Waals surface area (Å²) in [5.74, 6) is -3.14. The number of nitrogens with one attached hydrogen (secondary N) is 3. The molecule has 2 amide bonds. The van der Waals surface area contributed by atoms with E-state index in [1.165, 1.54) is 19.0 Å². The molecule has 2 saturated carbocycles. The monoisotopic (exact) mass is 595 g/mol. The molecule has 0 bridgehead atoms. The van der Waals surface area contributed by atoms with Crippen LogP contribution < -0.4 is 10.6 Å². The number of hydrogen-bond acceptors (Lipinski definition) is 5. The van der Waals surface area contributed by atoms with Gasteiger partial charge in [0.05, 0.1) is 35.7 Å². The van der Waals surface area contributed by atoms with E-state index in [9.17, 15) is 31.5 Å². The third-order valence-electron chi connectivity index (χ3n) is 8.15. The minimum absolute atomic E-state index is 0.195. The van der Waals surface area contributed by atoms with E-state index in [-0.39, 0.29) is 37.3 Å². The SMILES string of the molecule is C[C@@H](NC(=O)CCC(F)(F)F)c1ccc2nc([C@@H](NC(=O)c3cnnn3CCC3CC3)C3CCC(F)(F)CC3)[nH]c2c1. The Morgan fingerprint density at radius 1 is 1.14 bits per heavy atom. The fourth-order valence-corrected chi connectivity index (χ4v) is 5.45. The van der Waals surface area contributed by atoms with Crippen molar-refractivity contribution in [1.29, 1.82) is 0 Å². The van der Waals surface area contributed by atoms with Crippen LogP contribution in [-0.4, -0.2) is 48.9 Å². The first kappa shape index (κ1) is 29.9. The zero-order valence-corrected chi connectivity index (χ0v) is 23.2. The van der Waals surface area contributed by atoms with Gasteiger partial charge >= 0.3 is 6.18 Å². The first-order chi connectivity index (χ1) is 19.9. The third kappa shape index (κ3) is 7.62. The zero-order chi connectivity index (χ0) is 30.1. The van der Waals surface area contributed by atoms with Crippen molar-refractivity contribution in [2.75, 3.05) is 0 Å². The lowest BCUT2D eigenvalue weighted by Gasteiger charge is -2.33. The number of amides is 2. The highest BCUT2D eigenvalue weighted by Crippen LogP contribution is 2.41. The maximum absolute atomic E-state index is 14.0. The van der Waals surface area contributed by atoms with E-state index in [0.717, 1.165) is 6.42 Å². The number of rotatable bonds is 11. The quantitative estimate of drug-likeness (QED) is 0.243. The highest BCUT2D eigenvalue weighted by molar-refractivity contribution is 5.92. The summed E-state index contributed by atoms with van der Waals surface area (Å²) >= 11 is 0. The van der Waals surface area contributed by atoms with Crippen LogP contribution >= 0.6 is 0 Å². The fraction of sp³-hybridized carbons (Fsp3) is 0.607. The van der Waals surface area contributed by atoms with Crippen molar-refractivity contribution in [1.82, 2.24) is 35.6 Å². The summed E-state index contributed by atoms with van der Waals surface area (Å²) < 4.78 is 67.0. The normalized spacial score (nSPS) is 19.0. The second kappa shape index (κ2) is 12.0. The van der Waals surface area contributed by atoms with E-state index in [2.05, 4.69) is 30.9 Å². The molecule has 0 spiro atoms. The molecule has 0 unspecified atom stereocenters. The number of hydrogen-bond donors (Lipinski definition) is 3. The van der Waals surface area contributed by atoms with E-state index < -0.39 is 48.8 Å². The Labute approximate surface area is 239 Å². The van der Waals surface area contributed by atoms with Crippen molar-refractivity contribution < 1.29 is 31.5 Å². The number of carbonyl (C=O) groups is 2. The van der Waals surface area contributed by atoms with Crippen LogP contribution in [0.5, 0.6) is 0 Å². The Balaban J connectivity index is 1.34. The summed E-state index contributed by atoms with van der Waals surface area (Å²) in [7, 11) is 0. The molecule has 2 aliphatic carbocycles. The topological polar surface area (TPSA) is 118 Å². The van der Waals surface area contributed by atoms with Crippen LogP contribution in [0.2, 0.25) is 0 Å². The maximum Gasteiger partial charge on any atom is 0.389 e. The first-order valence-electron chi connectivity index (χ1n) is 14.3. The van der Waals surface area contributed by atoms with Gasteiger partial charge < -0.3 is 15.6 Å². The molecule has 14 heteroatoms. The number of H-pyrrole nitrogens is 1. The number of nitrogens with zero attached hydrogens (tertiary/aromatic N) is 4. The number of benzene rings is 1. The first-order valence-corrected chi connectivity index (χ1v) is 14.3. The Hall–Kier alpha value is -3.58. The predicted molar refractivity (Wildman–Crippen MR) is 142 cm³/mol. The largest absolute Gasteiger partial charge is 0.389 e.